The van der Waals surface area contributed by atoms with E-state index in [1.54, 1.807) is 0 Å². The molecule has 1 aromatic carbocycles. The van der Waals surface area contributed by atoms with Gasteiger partial charge in [0.25, 0.3) is 0 Å². The Labute approximate surface area is 157 Å². The van der Waals surface area contributed by atoms with Gasteiger partial charge in [0.2, 0.25) is 5.91 Å². The van der Waals surface area contributed by atoms with E-state index in [9.17, 15) is 4.79 Å². The molecule has 0 bridgehead atoms. The molecule has 0 aliphatic carbocycles. The molecule has 0 spiro atoms. The van der Waals surface area contributed by atoms with Gasteiger partial charge in [-0.05, 0) is 31.7 Å². The second-order valence-electron chi connectivity index (χ2n) is 8.12. The fraction of sp³-hybridized carbons (Fsp3) is 0.667. The second-order valence-corrected chi connectivity index (χ2v) is 8.12. The van der Waals surface area contributed by atoms with Crippen molar-refractivity contribution in [1.82, 2.24) is 10.2 Å². The van der Waals surface area contributed by atoms with Gasteiger partial charge in [0.05, 0.1) is 12.7 Å². The smallest absolute Gasteiger partial charge is 0.248 e. The quantitative estimate of drug-likeness (QED) is 0.774. The fourth-order valence-electron chi connectivity index (χ4n) is 3.81. The van der Waals surface area contributed by atoms with Gasteiger partial charge >= 0.3 is 0 Å². The lowest BCUT2D eigenvalue weighted by Crippen LogP contribution is -2.59. The summed E-state index contributed by atoms with van der Waals surface area (Å²) in [5, 5.41) is 3.07. The van der Waals surface area contributed by atoms with Gasteiger partial charge in [-0.1, -0.05) is 37.3 Å². The number of benzene rings is 1. The Morgan fingerprint density at radius 1 is 1.35 bits per heavy atom. The molecule has 1 N–H and O–H groups in total. The summed E-state index contributed by atoms with van der Waals surface area (Å²) in [6, 6.07) is 10.5. The summed E-state index contributed by atoms with van der Waals surface area (Å²) in [5.74, 6) is -0.0245. The molecule has 0 aromatic heterocycles. The summed E-state index contributed by atoms with van der Waals surface area (Å²) in [5.41, 5.74) is 1.49. The number of ether oxygens (including phenoxy) is 2. The minimum Gasteiger partial charge on any atom is -0.376 e. The molecule has 0 unspecified atom stereocenters. The molecule has 2 aliphatic rings. The lowest BCUT2D eigenvalue weighted by atomic mass is 9.81. The Kier molecular flexibility index (Phi) is 6.68. The third kappa shape index (κ3) is 5.53. The molecule has 26 heavy (non-hydrogen) atoms. The van der Waals surface area contributed by atoms with E-state index in [4.69, 9.17) is 9.47 Å². The van der Waals surface area contributed by atoms with Crippen LogP contribution in [0.3, 0.4) is 0 Å². The fourth-order valence-corrected chi connectivity index (χ4v) is 3.81. The van der Waals surface area contributed by atoms with Crippen LogP contribution in [0.5, 0.6) is 0 Å². The molecule has 2 heterocycles. The molecule has 2 fully saturated rings. The molecule has 0 saturated carbocycles. The molecule has 2 atom stereocenters. The van der Waals surface area contributed by atoms with Crippen molar-refractivity contribution in [2.75, 3.05) is 32.8 Å². The summed E-state index contributed by atoms with van der Waals surface area (Å²) in [7, 11) is 0. The number of hydrogen-bond acceptors (Lipinski definition) is 4. The minimum absolute atomic E-state index is 0.0245. The minimum atomic E-state index is -0.426. The van der Waals surface area contributed by atoms with Crippen LogP contribution in [-0.4, -0.2) is 55.9 Å². The van der Waals surface area contributed by atoms with Crippen molar-refractivity contribution in [2.45, 2.75) is 51.9 Å². The van der Waals surface area contributed by atoms with Crippen LogP contribution in [0.2, 0.25) is 0 Å². The van der Waals surface area contributed by atoms with Crippen LogP contribution in [0.4, 0.5) is 0 Å². The molecule has 0 radical (unpaired) electrons. The monoisotopic (exact) mass is 360 g/mol. The number of likely N-dealkylation sites (tertiary alicyclic amines) is 1. The van der Waals surface area contributed by atoms with Gasteiger partial charge in [-0.15, -0.1) is 0 Å². The molecule has 2 saturated heterocycles. The van der Waals surface area contributed by atoms with Crippen LogP contribution < -0.4 is 5.32 Å². The standard InChI is InChI=1S/C21H32N2O3/c1-17(26-13-19-10-6-7-11-25-19)20(24)22-14-21(2)15-23(16-21)12-18-8-4-3-5-9-18/h3-5,8-9,17,19H,6-7,10-16H2,1-2H3,(H,22,24)/t17-,19+/m1/s1. The van der Waals surface area contributed by atoms with E-state index in [-0.39, 0.29) is 17.4 Å². The van der Waals surface area contributed by atoms with Crippen LogP contribution in [0.1, 0.15) is 38.7 Å². The molecule has 144 valence electrons. The van der Waals surface area contributed by atoms with E-state index in [0.29, 0.717) is 13.2 Å². The summed E-state index contributed by atoms with van der Waals surface area (Å²) >= 11 is 0. The molecule has 2 aliphatic heterocycles. The van der Waals surface area contributed by atoms with Crippen molar-refractivity contribution < 1.29 is 14.3 Å². The third-order valence-corrected chi connectivity index (χ3v) is 5.32. The molecule has 1 amide bonds. The molecular weight excluding hydrogens is 328 g/mol. The Balaban J connectivity index is 1.32. The Bertz CT molecular complexity index is 566. The third-order valence-electron chi connectivity index (χ3n) is 5.32. The lowest BCUT2D eigenvalue weighted by Gasteiger charge is -2.48. The van der Waals surface area contributed by atoms with Crippen molar-refractivity contribution in [1.29, 1.82) is 0 Å². The average molecular weight is 360 g/mol. The molecule has 3 rings (SSSR count). The lowest BCUT2D eigenvalue weighted by molar-refractivity contribution is -0.136. The topological polar surface area (TPSA) is 50.8 Å². The first-order valence-corrected chi connectivity index (χ1v) is 9.81. The predicted octanol–water partition coefficient (Wildman–Crippen LogP) is 2.60. The highest BCUT2D eigenvalue weighted by molar-refractivity contribution is 5.80. The van der Waals surface area contributed by atoms with Crippen molar-refractivity contribution in [3.05, 3.63) is 35.9 Å². The maximum absolute atomic E-state index is 12.3. The Morgan fingerprint density at radius 3 is 2.81 bits per heavy atom. The van der Waals surface area contributed by atoms with Crippen LogP contribution in [0, 0.1) is 5.41 Å². The van der Waals surface area contributed by atoms with E-state index < -0.39 is 6.10 Å². The SMILES string of the molecule is C[C@@H](OC[C@@H]1CCCCO1)C(=O)NCC1(C)CN(Cc2ccccc2)C1. The van der Waals surface area contributed by atoms with Crippen molar-refractivity contribution in [3.8, 4) is 0 Å². The molecule has 1 aromatic rings. The molecular formula is C21H32N2O3. The number of carbonyl (C=O) groups excluding carboxylic acids is 1. The molecule has 5 heteroatoms. The normalized spacial score (nSPS) is 23.8. The van der Waals surface area contributed by atoms with Gasteiger partial charge in [-0.25, -0.2) is 0 Å². The maximum Gasteiger partial charge on any atom is 0.248 e. The first kappa shape index (κ1) is 19.3. The summed E-state index contributed by atoms with van der Waals surface area (Å²) in [6.07, 6.45) is 3.07. The Morgan fingerprint density at radius 2 is 2.12 bits per heavy atom. The van der Waals surface area contributed by atoms with Crippen LogP contribution >= 0.6 is 0 Å². The van der Waals surface area contributed by atoms with E-state index in [0.717, 1.165) is 39.1 Å². The first-order valence-electron chi connectivity index (χ1n) is 9.81. The zero-order chi connectivity index (χ0) is 18.4. The largest absolute Gasteiger partial charge is 0.376 e. The van der Waals surface area contributed by atoms with Gasteiger partial charge in [0, 0.05) is 38.2 Å². The van der Waals surface area contributed by atoms with Gasteiger partial charge in [-0.2, -0.15) is 0 Å². The summed E-state index contributed by atoms with van der Waals surface area (Å²) in [6.45, 7) is 9.07. The van der Waals surface area contributed by atoms with Crippen molar-refractivity contribution in [2.24, 2.45) is 5.41 Å². The van der Waals surface area contributed by atoms with Crippen molar-refractivity contribution in [3.63, 3.8) is 0 Å². The van der Waals surface area contributed by atoms with E-state index in [2.05, 4.69) is 41.4 Å². The highest BCUT2D eigenvalue weighted by Crippen LogP contribution is 2.30. The van der Waals surface area contributed by atoms with E-state index in [1.807, 2.05) is 13.0 Å². The number of rotatable bonds is 8. The zero-order valence-corrected chi connectivity index (χ0v) is 16.1. The van der Waals surface area contributed by atoms with Crippen LogP contribution in [0.25, 0.3) is 0 Å². The average Bonchev–Trinajstić information content (AvgIpc) is 2.64. The number of nitrogens with zero attached hydrogens (tertiary/aromatic N) is 1. The number of amides is 1. The number of carbonyl (C=O) groups is 1. The van der Waals surface area contributed by atoms with Gasteiger partial charge < -0.3 is 14.8 Å². The second kappa shape index (κ2) is 8.98. The Hall–Kier alpha value is -1.43. The van der Waals surface area contributed by atoms with E-state index >= 15 is 0 Å². The maximum atomic E-state index is 12.3. The number of nitrogens with one attached hydrogen (secondary N) is 1. The highest BCUT2D eigenvalue weighted by Gasteiger charge is 2.38. The van der Waals surface area contributed by atoms with Crippen molar-refractivity contribution >= 4 is 5.91 Å². The van der Waals surface area contributed by atoms with Gasteiger partial charge in [0.1, 0.15) is 6.10 Å². The summed E-state index contributed by atoms with van der Waals surface area (Å²) < 4.78 is 11.4. The molecule has 5 nitrogen and oxygen atoms in total. The highest BCUT2D eigenvalue weighted by atomic mass is 16.5. The number of hydrogen-bond donors (Lipinski definition) is 1. The predicted molar refractivity (Wildman–Crippen MR) is 102 cm³/mol. The van der Waals surface area contributed by atoms with Gasteiger partial charge in [-0.3, -0.25) is 9.69 Å². The van der Waals surface area contributed by atoms with E-state index in [1.165, 1.54) is 12.0 Å². The first-order chi connectivity index (χ1) is 12.5. The van der Waals surface area contributed by atoms with Gasteiger partial charge in [0.15, 0.2) is 0 Å². The zero-order valence-electron chi connectivity index (χ0n) is 16.1. The van der Waals surface area contributed by atoms with Crippen LogP contribution in [-0.2, 0) is 20.8 Å². The summed E-state index contributed by atoms with van der Waals surface area (Å²) in [4.78, 5) is 14.7. The van der Waals surface area contributed by atoms with Crippen LogP contribution in [0.15, 0.2) is 30.3 Å².